The first-order valence-corrected chi connectivity index (χ1v) is 7.02. The molecule has 0 amide bonds. The first-order chi connectivity index (χ1) is 10.7. The number of benzene rings is 1. The monoisotopic (exact) mass is 295 g/mol. The van der Waals surface area contributed by atoms with Gasteiger partial charge in [0.25, 0.3) is 0 Å². The van der Waals surface area contributed by atoms with Crippen LogP contribution in [0.3, 0.4) is 0 Å². The Balaban J connectivity index is 1.64. The highest BCUT2D eigenvalue weighted by atomic mass is 16.5. The third-order valence-electron chi connectivity index (χ3n) is 3.12. The van der Waals surface area contributed by atoms with E-state index < -0.39 is 0 Å². The van der Waals surface area contributed by atoms with Crippen LogP contribution in [0.2, 0.25) is 0 Å². The van der Waals surface area contributed by atoms with E-state index in [0.717, 1.165) is 11.6 Å². The lowest BCUT2D eigenvalue weighted by Gasteiger charge is -2.07. The average Bonchev–Trinajstić information content (AvgIpc) is 2.92. The molecule has 0 atom stereocenters. The molecule has 3 aromatic rings. The predicted molar refractivity (Wildman–Crippen MR) is 85.1 cm³/mol. The molecule has 0 spiro atoms. The molecule has 0 aliphatic rings. The van der Waals surface area contributed by atoms with Gasteiger partial charge in [-0.3, -0.25) is 0 Å². The van der Waals surface area contributed by atoms with Crippen LogP contribution < -0.4 is 10.6 Å². The molecule has 0 radical (unpaired) electrons. The largest absolute Gasteiger partial charge is 0.366 e. The molecule has 0 saturated carbocycles. The van der Waals surface area contributed by atoms with Gasteiger partial charge >= 0.3 is 0 Å². The first kappa shape index (κ1) is 14.1. The topological polar surface area (TPSA) is 75.9 Å². The van der Waals surface area contributed by atoms with Crippen molar-refractivity contribution < 1.29 is 4.52 Å². The normalized spacial score (nSPS) is 10.5. The van der Waals surface area contributed by atoms with Gasteiger partial charge in [0.15, 0.2) is 5.82 Å². The second kappa shape index (κ2) is 6.26. The number of nitrogens with one attached hydrogen (secondary N) is 2. The van der Waals surface area contributed by atoms with Crippen LogP contribution in [0.15, 0.2) is 47.1 Å². The summed E-state index contributed by atoms with van der Waals surface area (Å²) in [5.74, 6) is 2.55. The zero-order valence-electron chi connectivity index (χ0n) is 12.5. The van der Waals surface area contributed by atoms with Crippen molar-refractivity contribution in [3.63, 3.8) is 0 Å². The third-order valence-corrected chi connectivity index (χ3v) is 3.12. The van der Waals surface area contributed by atoms with Gasteiger partial charge in [-0.05, 0) is 25.5 Å². The van der Waals surface area contributed by atoms with Gasteiger partial charge in [0.1, 0.15) is 11.6 Å². The van der Waals surface area contributed by atoms with Crippen LogP contribution in [0, 0.1) is 13.8 Å². The average molecular weight is 295 g/mol. The first-order valence-electron chi connectivity index (χ1n) is 7.02. The number of hydrogen-bond acceptors (Lipinski definition) is 6. The Bertz CT molecular complexity index is 751. The van der Waals surface area contributed by atoms with Crippen LogP contribution in [-0.2, 0) is 6.54 Å². The molecule has 0 unspecified atom stereocenters. The Morgan fingerprint density at radius 1 is 1.05 bits per heavy atom. The molecular formula is C16H17N5O. The van der Waals surface area contributed by atoms with Gasteiger partial charge in [0, 0.05) is 18.8 Å². The van der Waals surface area contributed by atoms with Gasteiger partial charge in [-0.15, -0.1) is 0 Å². The second-order valence-electron chi connectivity index (χ2n) is 5.05. The predicted octanol–water partition coefficient (Wildman–Crippen LogP) is 3.44. The lowest BCUT2D eigenvalue weighted by atomic mass is 10.1. The van der Waals surface area contributed by atoms with Crippen molar-refractivity contribution in [3.05, 3.63) is 59.5 Å². The van der Waals surface area contributed by atoms with Crippen molar-refractivity contribution in [1.82, 2.24) is 15.1 Å². The summed E-state index contributed by atoms with van der Waals surface area (Å²) < 4.78 is 5.00. The van der Waals surface area contributed by atoms with Crippen molar-refractivity contribution in [2.45, 2.75) is 20.4 Å². The summed E-state index contributed by atoms with van der Waals surface area (Å²) in [6, 6.07) is 12.0. The zero-order chi connectivity index (χ0) is 15.4. The molecule has 6 heteroatoms. The summed E-state index contributed by atoms with van der Waals surface area (Å²) in [5.41, 5.74) is 2.45. The van der Waals surface area contributed by atoms with E-state index in [9.17, 15) is 0 Å². The number of rotatable bonds is 5. The number of hydrogen-bond donors (Lipinski definition) is 2. The van der Waals surface area contributed by atoms with E-state index in [4.69, 9.17) is 4.52 Å². The Morgan fingerprint density at radius 2 is 1.86 bits per heavy atom. The fraction of sp³-hybridized carbons (Fsp3) is 0.188. The van der Waals surface area contributed by atoms with E-state index >= 15 is 0 Å². The Labute approximate surface area is 128 Å². The number of aryl methyl sites for hydroxylation is 2. The smallest absolute Gasteiger partial charge is 0.230 e. The molecule has 2 heterocycles. The van der Waals surface area contributed by atoms with Gasteiger partial charge in [0.2, 0.25) is 5.95 Å². The molecule has 3 rings (SSSR count). The van der Waals surface area contributed by atoms with Gasteiger partial charge in [-0.1, -0.05) is 35.0 Å². The second-order valence-corrected chi connectivity index (χ2v) is 5.05. The van der Waals surface area contributed by atoms with Crippen LogP contribution in [0.4, 0.5) is 17.6 Å². The van der Waals surface area contributed by atoms with Crippen molar-refractivity contribution in [2.75, 3.05) is 10.6 Å². The van der Waals surface area contributed by atoms with Crippen LogP contribution in [0.25, 0.3) is 0 Å². The quantitative estimate of drug-likeness (QED) is 0.751. The van der Waals surface area contributed by atoms with Crippen LogP contribution in [-0.4, -0.2) is 15.1 Å². The van der Waals surface area contributed by atoms with Crippen molar-refractivity contribution in [2.24, 2.45) is 0 Å². The van der Waals surface area contributed by atoms with E-state index in [1.54, 1.807) is 12.3 Å². The molecule has 2 aromatic heterocycles. The summed E-state index contributed by atoms with van der Waals surface area (Å²) in [6.45, 7) is 4.61. The summed E-state index contributed by atoms with van der Waals surface area (Å²) in [5, 5.41) is 10.1. The Kier molecular flexibility index (Phi) is 4.00. The van der Waals surface area contributed by atoms with Crippen molar-refractivity contribution in [3.8, 4) is 0 Å². The Morgan fingerprint density at radius 3 is 2.59 bits per heavy atom. The molecule has 112 valence electrons. The molecule has 2 N–H and O–H groups in total. The molecule has 0 saturated heterocycles. The maximum atomic E-state index is 5.00. The summed E-state index contributed by atoms with van der Waals surface area (Å²) in [6.07, 6.45) is 1.69. The summed E-state index contributed by atoms with van der Waals surface area (Å²) in [4.78, 5) is 8.56. The van der Waals surface area contributed by atoms with E-state index in [0.29, 0.717) is 18.3 Å². The molecule has 6 nitrogen and oxygen atoms in total. The SMILES string of the molecule is Cc1ccc(CNc2ccnc(Nc3cc(C)on3)n2)cc1. The standard InChI is InChI=1S/C16H17N5O/c1-11-3-5-13(6-4-11)10-18-14-7-8-17-16(19-14)20-15-9-12(2)22-21-15/h3-9H,10H2,1-2H3,(H2,17,18,19,20,21). The van der Waals surface area contributed by atoms with E-state index in [1.807, 2.05) is 13.0 Å². The molecule has 0 aliphatic heterocycles. The highest BCUT2D eigenvalue weighted by Gasteiger charge is 2.04. The third kappa shape index (κ3) is 3.60. The molecular weight excluding hydrogens is 278 g/mol. The molecule has 22 heavy (non-hydrogen) atoms. The van der Waals surface area contributed by atoms with Gasteiger partial charge in [-0.25, -0.2) is 4.98 Å². The van der Waals surface area contributed by atoms with Gasteiger partial charge < -0.3 is 15.2 Å². The number of anilines is 3. The van der Waals surface area contributed by atoms with E-state index in [-0.39, 0.29) is 0 Å². The minimum Gasteiger partial charge on any atom is -0.366 e. The lowest BCUT2D eigenvalue weighted by molar-refractivity contribution is 0.400. The maximum Gasteiger partial charge on any atom is 0.230 e. The maximum absolute atomic E-state index is 5.00. The van der Waals surface area contributed by atoms with Crippen LogP contribution >= 0.6 is 0 Å². The molecule has 0 aliphatic carbocycles. The number of nitrogens with zero attached hydrogens (tertiary/aromatic N) is 3. The highest BCUT2D eigenvalue weighted by Crippen LogP contribution is 2.14. The lowest BCUT2D eigenvalue weighted by Crippen LogP contribution is -2.04. The summed E-state index contributed by atoms with van der Waals surface area (Å²) >= 11 is 0. The van der Waals surface area contributed by atoms with Gasteiger partial charge in [-0.2, -0.15) is 4.98 Å². The summed E-state index contributed by atoms with van der Waals surface area (Å²) in [7, 11) is 0. The van der Waals surface area contributed by atoms with Crippen molar-refractivity contribution >= 4 is 17.6 Å². The van der Waals surface area contributed by atoms with Crippen LogP contribution in [0.1, 0.15) is 16.9 Å². The fourth-order valence-electron chi connectivity index (χ4n) is 1.96. The molecule has 0 bridgehead atoms. The van der Waals surface area contributed by atoms with Gasteiger partial charge in [0.05, 0.1) is 0 Å². The zero-order valence-corrected chi connectivity index (χ0v) is 12.5. The van der Waals surface area contributed by atoms with E-state index in [2.05, 4.69) is 56.9 Å². The minimum absolute atomic E-state index is 0.474. The van der Waals surface area contributed by atoms with E-state index in [1.165, 1.54) is 11.1 Å². The van der Waals surface area contributed by atoms with Crippen molar-refractivity contribution in [1.29, 1.82) is 0 Å². The molecule has 1 aromatic carbocycles. The Hall–Kier alpha value is -2.89. The fourth-order valence-corrected chi connectivity index (χ4v) is 1.96. The number of aromatic nitrogens is 3. The van der Waals surface area contributed by atoms with Crippen LogP contribution in [0.5, 0.6) is 0 Å². The highest BCUT2D eigenvalue weighted by molar-refractivity contribution is 5.50. The molecule has 0 fully saturated rings. The minimum atomic E-state index is 0.474.